The number of nitrogens with zero attached hydrogens (tertiary/aromatic N) is 2. The van der Waals surface area contributed by atoms with Gasteiger partial charge in [-0.1, -0.05) is 24.3 Å². The van der Waals surface area contributed by atoms with Crippen molar-refractivity contribution in [3.8, 4) is 0 Å². The molecule has 3 saturated heterocycles. The van der Waals surface area contributed by atoms with Crippen LogP contribution in [0.25, 0.3) is 0 Å². The van der Waals surface area contributed by atoms with Gasteiger partial charge in [-0.15, -0.1) is 0 Å². The van der Waals surface area contributed by atoms with Crippen molar-refractivity contribution in [3.05, 3.63) is 35.4 Å². The normalized spacial score (nSPS) is 26.8. The highest BCUT2D eigenvalue weighted by atomic mass is 16.5. The zero-order chi connectivity index (χ0) is 21.1. The molecule has 0 aromatic heterocycles. The van der Waals surface area contributed by atoms with Gasteiger partial charge in [-0.05, 0) is 56.6 Å². The summed E-state index contributed by atoms with van der Waals surface area (Å²) in [5.74, 6) is 0.328. The molecule has 3 heterocycles. The molecule has 0 saturated carbocycles. The van der Waals surface area contributed by atoms with Gasteiger partial charge in [-0.3, -0.25) is 9.59 Å². The molecule has 0 spiro atoms. The fourth-order valence-corrected chi connectivity index (χ4v) is 5.44. The molecule has 3 fully saturated rings. The predicted molar refractivity (Wildman–Crippen MR) is 114 cm³/mol. The number of aryl methyl sites for hydroxylation is 1. The van der Waals surface area contributed by atoms with Gasteiger partial charge in [0.1, 0.15) is 6.61 Å². The zero-order valence-electron chi connectivity index (χ0n) is 18.2. The maximum absolute atomic E-state index is 12.7. The topological polar surface area (TPSA) is 59.1 Å². The van der Waals surface area contributed by atoms with Crippen molar-refractivity contribution in [1.82, 2.24) is 9.80 Å². The molecule has 1 aromatic carbocycles. The van der Waals surface area contributed by atoms with Gasteiger partial charge in [-0.2, -0.15) is 0 Å². The first-order valence-electron chi connectivity index (χ1n) is 11.3. The Balaban J connectivity index is 1.23. The van der Waals surface area contributed by atoms with Gasteiger partial charge in [0.05, 0.1) is 18.6 Å². The van der Waals surface area contributed by atoms with Gasteiger partial charge in [-0.25, -0.2) is 0 Å². The molecule has 3 atom stereocenters. The Kier molecular flexibility index (Phi) is 6.74. The number of hydrogen-bond acceptors (Lipinski definition) is 4. The molecular weight excluding hydrogens is 380 g/mol. The van der Waals surface area contributed by atoms with Crippen LogP contribution in [0.15, 0.2) is 24.3 Å². The van der Waals surface area contributed by atoms with Crippen LogP contribution in [-0.2, 0) is 25.5 Å². The van der Waals surface area contributed by atoms with E-state index in [-0.39, 0.29) is 30.6 Å². The van der Waals surface area contributed by atoms with Crippen LogP contribution in [0.3, 0.4) is 0 Å². The number of rotatable bonds is 6. The van der Waals surface area contributed by atoms with E-state index < -0.39 is 0 Å². The maximum Gasteiger partial charge on any atom is 0.249 e. The highest BCUT2D eigenvalue weighted by Crippen LogP contribution is 2.38. The molecule has 1 unspecified atom stereocenters. The number of amides is 2. The van der Waals surface area contributed by atoms with Crippen molar-refractivity contribution in [3.63, 3.8) is 0 Å². The lowest BCUT2D eigenvalue weighted by atomic mass is 9.98. The van der Waals surface area contributed by atoms with Crippen molar-refractivity contribution >= 4 is 11.8 Å². The summed E-state index contributed by atoms with van der Waals surface area (Å²) in [6.45, 7) is 3.78. The summed E-state index contributed by atoms with van der Waals surface area (Å²) >= 11 is 0. The quantitative estimate of drug-likeness (QED) is 0.718. The largest absolute Gasteiger partial charge is 0.375 e. The Morgan fingerprint density at radius 1 is 0.967 bits per heavy atom. The van der Waals surface area contributed by atoms with E-state index in [1.54, 1.807) is 7.11 Å². The van der Waals surface area contributed by atoms with Crippen molar-refractivity contribution in [2.24, 2.45) is 0 Å². The third-order valence-corrected chi connectivity index (χ3v) is 7.03. The van der Waals surface area contributed by atoms with Gasteiger partial charge >= 0.3 is 0 Å². The van der Waals surface area contributed by atoms with Gasteiger partial charge < -0.3 is 19.3 Å². The number of ether oxygens (including phenoxy) is 2. The van der Waals surface area contributed by atoms with E-state index in [2.05, 4.69) is 17.9 Å². The van der Waals surface area contributed by atoms with E-state index >= 15 is 0 Å². The maximum atomic E-state index is 12.7. The molecule has 2 bridgehead atoms. The molecule has 0 aliphatic carbocycles. The van der Waals surface area contributed by atoms with Crippen LogP contribution in [0.5, 0.6) is 0 Å². The lowest BCUT2D eigenvalue weighted by Gasteiger charge is -2.41. The zero-order valence-corrected chi connectivity index (χ0v) is 18.2. The minimum Gasteiger partial charge on any atom is -0.375 e. The van der Waals surface area contributed by atoms with Crippen LogP contribution < -0.4 is 0 Å². The first kappa shape index (κ1) is 21.3. The van der Waals surface area contributed by atoms with Crippen molar-refractivity contribution in [2.75, 3.05) is 26.8 Å². The van der Waals surface area contributed by atoms with E-state index in [1.807, 2.05) is 23.1 Å². The van der Waals surface area contributed by atoms with Crippen LogP contribution in [0.4, 0.5) is 0 Å². The number of benzene rings is 1. The molecule has 164 valence electrons. The minimum atomic E-state index is 0.115. The van der Waals surface area contributed by atoms with Crippen molar-refractivity contribution < 1.29 is 19.1 Å². The molecule has 3 aliphatic rings. The summed E-state index contributed by atoms with van der Waals surface area (Å²) in [6.07, 6.45) is 6.74. The number of carbonyl (C=O) groups is 2. The number of likely N-dealkylation sites (tertiary alicyclic amines) is 1. The Bertz CT molecular complexity index is 745. The van der Waals surface area contributed by atoms with Crippen LogP contribution >= 0.6 is 0 Å². The van der Waals surface area contributed by atoms with E-state index in [0.717, 1.165) is 57.2 Å². The molecule has 6 nitrogen and oxygen atoms in total. The van der Waals surface area contributed by atoms with Gasteiger partial charge in [0.25, 0.3) is 0 Å². The Morgan fingerprint density at radius 2 is 1.63 bits per heavy atom. The third-order valence-electron chi connectivity index (χ3n) is 7.03. The average molecular weight is 415 g/mol. The van der Waals surface area contributed by atoms with Gasteiger partial charge in [0.2, 0.25) is 11.8 Å². The predicted octanol–water partition coefficient (Wildman–Crippen LogP) is 2.71. The van der Waals surface area contributed by atoms with Crippen LogP contribution in [0.1, 0.15) is 49.7 Å². The molecule has 2 amide bonds. The summed E-state index contributed by atoms with van der Waals surface area (Å²) in [4.78, 5) is 29.1. The summed E-state index contributed by atoms with van der Waals surface area (Å²) in [7, 11) is 1.58. The number of carbonyl (C=O) groups excluding carboxylic acids is 2. The monoisotopic (exact) mass is 414 g/mol. The molecule has 0 radical (unpaired) electrons. The van der Waals surface area contributed by atoms with Crippen LogP contribution in [0.2, 0.25) is 0 Å². The number of hydrogen-bond donors (Lipinski definition) is 0. The smallest absolute Gasteiger partial charge is 0.249 e. The van der Waals surface area contributed by atoms with E-state index in [0.29, 0.717) is 18.5 Å². The van der Waals surface area contributed by atoms with Crippen molar-refractivity contribution in [2.45, 2.75) is 76.2 Å². The SMILES string of the molecule is COCC(=O)N1[C@@H]2CC[C@H]1CC(OC1CCN(C(=O)Cc3ccccc3C)CC1)C2. The molecular formula is C24H34N2O4. The van der Waals surface area contributed by atoms with Crippen molar-refractivity contribution in [1.29, 1.82) is 0 Å². The molecule has 6 heteroatoms. The van der Waals surface area contributed by atoms with Gasteiger partial charge in [0.15, 0.2) is 0 Å². The second-order valence-electron chi connectivity index (χ2n) is 9.03. The number of methoxy groups -OCH3 is 1. The second-order valence-corrected chi connectivity index (χ2v) is 9.03. The number of fused-ring (bicyclic) bond motifs is 2. The highest BCUT2D eigenvalue weighted by Gasteiger charge is 2.44. The fourth-order valence-electron chi connectivity index (χ4n) is 5.44. The van der Waals surface area contributed by atoms with E-state index in [9.17, 15) is 9.59 Å². The summed E-state index contributed by atoms with van der Waals surface area (Å²) in [5, 5.41) is 0. The Morgan fingerprint density at radius 3 is 2.27 bits per heavy atom. The lowest BCUT2D eigenvalue weighted by molar-refractivity contribution is -0.145. The van der Waals surface area contributed by atoms with E-state index in [1.165, 1.54) is 5.56 Å². The Hall–Kier alpha value is -1.92. The molecule has 3 aliphatic heterocycles. The summed E-state index contributed by atoms with van der Waals surface area (Å²) in [6, 6.07) is 8.71. The summed E-state index contributed by atoms with van der Waals surface area (Å²) in [5.41, 5.74) is 2.29. The molecule has 0 N–H and O–H groups in total. The highest BCUT2D eigenvalue weighted by molar-refractivity contribution is 5.79. The minimum absolute atomic E-state index is 0.115. The molecule has 1 aromatic rings. The fraction of sp³-hybridized carbons (Fsp3) is 0.667. The molecule has 30 heavy (non-hydrogen) atoms. The molecule has 4 rings (SSSR count). The lowest BCUT2D eigenvalue weighted by Crippen LogP contribution is -2.51. The first-order valence-corrected chi connectivity index (χ1v) is 11.3. The second kappa shape index (κ2) is 9.48. The first-order chi connectivity index (χ1) is 14.5. The number of piperidine rings is 2. The van der Waals surface area contributed by atoms with Crippen LogP contribution in [0, 0.1) is 6.92 Å². The summed E-state index contributed by atoms with van der Waals surface area (Å²) < 4.78 is 11.5. The van der Waals surface area contributed by atoms with Crippen LogP contribution in [-0.4, -0.2) is 72.7 Å². The van der Waals surface area contributed by atoms with E-state index in [4.69, 9.17) is 9.47 Å². The standard InChI is InChI=1S/C24H34N2O4/c1-17-5-3-4-6-18(17)13-23(27)25-11-9-21(10-12-25)30-22-14-19-7-8-20(15-22)26(19)24(28)16-29-2/h3-6,19-22H,7-16H2,1-2H3/t19-,20+,22?. The average Bonchev–Trinajstić information content (AvgIpc) is 3.01. The Labute approximate surface area is 179 Å². The third kappa shape index (κ3) is 4.70. The van der Waals surface area contributed by atoms with Gasteiger partial charge in [0, 0.05) is 32.3 Å².